The number of carboxylic acid groups (broad SMARTS) is 1. The molecule has 1 aliphatic rings. The zero-order valence-corrected chi connectivity index (χ0v) is 6.35. The van der Waals surface area contributed by atoms with Crippen molar-refractivity contribution >= 4 is 5.97 Å². The molecule has 0 aromatic carbocycles. The van der Waals surface area contributed by atoms with E-state index in [1.807, 2.05) is 13.8 Å². The van der Waals surface area contributed by atoms with Gasteiger partial charge in [-0.05, 0) is 18.3 Å². The predicted molar refractivity (Wildman–Crippen MR) is 37.6 cm³/mol. The molecule has 0 radical (unpaired) electrons. The second kappa shape index (κ2) is 1.72. The second-order valence-corrected chi connectivity index (χ2v) is 3.98. The van der Waals surface area contributed by atoms with Crippen molar-refractivity contribution in [2.45, 2.75) is 32.2 Å². The molecule has 0 bridgehead atoms. The third-order valence-corrected chi connectivity index (χ3v) is 2.01. The van der Waals surface area contributed by atoms with Gasteiger partial charge in [0.25, 0.3) is 0 Å². The van der Waals surface area contributed by atoms with Crippen molar-refractivity contribution in [3.8, 4) is 0 Å². The first-order chi connectivity index (χ1) is 4.36. The molecule has 3 nitrogen and oxygen atoms in total. The summed E-state index contributed by atoms with van der Waals surface area (Å²) in [6.45, 7) is 4.06. The van der Waals surface area contributed by atoms with Crippen LogP contribution in [0.25, 0.3) is 0 Å². The monoisotopic (exact) mass is 143 g/mol. The van der Waals surface area contributed by atoms with Crippen LogP contribution >= 0.6 is 0 Å². The lowest BCUT2D eigenvalue weighted by atomic mass is 9.60. The first-order valence-electron chi connectivity index (χ1n) is 3.38. The van der Waals surface area contributed by atoms with Gasteiger partial charge in [0.05, 0.1) is 0 Å². The largest absolute Gasteiger partial charge is 0.480 e. The Kier molecular flexibility index (Phi) is 1.30. The summed E-state index contributed by atoms with van der Waals surface area (Å²) in [4.78, 5) is 10.5. The summed E-state index contributed by atoms with van der Waals surface area (Å²) in [5, 5.41) is 8.60. The van der Waals surface area contributed by atoms with Gasteiger partial charge in [0.15, 0.2) is 0 Å². The van der Waals surface area contributed by atoms with Crippen LogP contribution in [0.15, 0.2) is 0 Å². The fourth-order valence-electron chi connectivity index (χ4n) is 1.81. The van der Waals surface area contributed by atoms with E-state index in [0.29, 0.717) is 12.8 Å². The molecular weight excluding hydrogens is 130 g/mol. The van der Waals surface area contributed by atoms with E-state index in [1.54, 1.807) is 0 Å². The highest BCUT2D eigenvalue weighted by Gasteiger charge is 2.51. The highest BCUT2D eigenvalue weighted by atomic mass is 16.4. The summed E-state index contributed by atoms with van der Waals surface area (Å²) >= 11 is 0. The Bertz CT molecular complexity index is 166. The minimum atomic E-state index is -0.927. The van der Waals surface area contributed by atoms with Crippen LogP contribution in [0.1, 0.15) is 26.7 Å². The number of carbonyl (C=O) groups is 1. The second-order valence-electron chi connectivity index (χ2n) is 3.98. The van der Waals surface area contributed by atoms with Gasteiger partial charge in [-0.25, -0.2) is 0 Å². The van der Waals surface area contributed by atoms with Crippen molar-refractivity contribution in [3.05, 3.63) is 0 Å². The molecule has 1 saturated carbocycles. The minimum absolute atomic E-state index is 0.132. The van der Waals surface area contributed by atoms with Gasteiger partial charge in [0.2, 0.25) is 0 Å². The topological polar surface area (TPSA) is 63.3 Å². The molecule has 0 atom stereocenters. The van der Waals surface area contributed by atoms with E-state index in [9.17, 15) is 4.79 Å². The van der Waals surface area contributed by atoms with Crippen molar-refractivity contribution in [3.63, 3.8) is 0 Å². The SMILES string of the molecule is CC1(C)CC(N)(C(=O)O)C1. The molecule has 3 N–H and O–H groups in total. The number of nitrogens with two attached hydrogens (primary N) is 1. The Balaban J connectivity index is 2.58. The lowest BCUT2D eigenvalue weighted by Crippen LogP contribution is -2.61. The van der Waals surface area contributed by atoms with Crippen molar-refractivity contribution in [1.29, 1.82) is 0 Å². The molecule has 0 aromatic rings. The van der Waals surface area contributed by atoms with Crippen LogP contribution in [0, 0.1) is 5.41 Å². The van der Waals surface area contributed by atoms with E-state index in [4.69, 9.17) is 10.8 Å². The van der Waals surface area contributed by atoms with Gasteiger partial charge in [-0.1, -0.05) is 13.8 Å². The van der Waals surface area contributed by atoms with E-state index >= 15 is 0 Å². The molecule has 0 amide bonds. The molecule has 0 aromatic heterocycles. The number of rotatable bonds is 1. The molecule has 0 heterocycles. The van der Waals surface area contributed by atoms with Gasteiger partial charge in [-0.2, -0.15) is 0 Å². The lowest BCUT2D eigenvalue weighted by molar-refractivity contribution is -0.151. The van der Waals surface area contributed by atoms with E-state index in [0.717, 1.165) is 0 Å². The number of hydrogen-bond acceptors (Lipinski definition) is 2. The first-order valence-corrected chi connectivity index (χ1v) is 3.38. The number of carboxylic acids is 1. The zero-order valence-electron chi connectivity index (χ0n) is 6.35. The molecule has 0 spiro atoms. The van der Waals surface area contributed by atoms with Crippen LogP contribution in [0.3, 0.4) is 0 Å². The van der Waals surface area contributed by atoms with Crippen molar-refractivity contribution in [2.75, 3.05) is 0 Å². The number of aliphatic carboxylic acids is 1. The van der Waals surface area contributed by atoms with E-state index in [2.05, 4.69) is 0 Å². The maximum Gasteiger partial charge on any atom is 0.323 e. The van der Waals surface area contributed by atoms with E-state index in [1.165, 1.54) is 0 Å². The third kappa shape index (κ3) is 1.01. The maximum atomic E-state index is 10.5. The Labute approximate surface area is 60.2 Å². The third-order valence-electron chi connectivity index (χ3n) is 2.01. The highest BCUT2D eigenvalue weighted by Crippen LogP contribution is 2.46. The average molecular weight is 143 g/mol. The van der Waals surface area contributed by atoms with Gasteiger partial charge in [0.1, 0.15) is 5.54 Å². The molecule has 1 rings (SSSR count). The van der Waals surface area contributed by atoms with Crippen molar-refractivity contribution in [1.82, 2.24) is 0 Å². The molecule has 0 unspecified atom stereocenters. The van der Waals surface area contributed by atoms with Crippen LogP contribution in [0.2, 0.25) is 0 Å². The summed E-state index contributed by atoms with van der Waals surface area (Å²) in [5.74, 6) is -0.869. The van der Waals surface area contributed by atoms with Gasteiger partial charge in [0, 0.05) is 0 Å². The number of hydrogen-bond donors (Lipinski definition) is 2. The van der Waals surface area contributed by atoms with Gasteiger partial charge >= 0.3 is 5.97 Å². The Morgan fingerprint density at radius 2 is 1.90 bits per heavy atom. The predicted octanol–water partition coefficient (Wildman–Crippen LogP) is 0.588. The molecule has 0 aliphatic heterocycles. The van der Waals surface area contributed by atoms with Crippen molar-refractivity contribution in [2.24, 2.45) is 11.1 Å². The Hall–Kier alpha value is -0.570. The zero-order chi connectivity index (χ0) is 7.99. The standard InChI is InChI=1S/C7H13NO2/c1-6(2)3-7(8,4-6)5(9)10/h3-4,8H2,1-2H3,(H,9,10). The minimum Gasteiger partial charge on any atom is -0.480 e. The quantitative estimate of drug-likeness (QED) is 0.564. The fraction of sp³-hybridized carbons (Fsp3) is 0.857. The van der Waals surface area contributed by atoms with Crippen LogP contribution in [0.5, 0.6) is 0 Å². The van der Waals surface area contributed by atoms with Crippen LogP contribution in [0.4, 0.5) is 0 Å². The van der Waals surface area contributed by atoms with E-state index in [-0.39, 0.29) is 5.41 Å². The van der Waals surface area contributed by atoms with Gasteiger partial charge in [-0.15, -0.1) is 0 Å². The molecule has 0 saturated heterocycles. The Morgan fingerprint density at radius 3 is 2.00 bits per heavy atom. The molecule has 3 heteroatoms. The average Bonchev–Trinajstić information content (AvgIpc) is 1.59. The van der Waals surface area contributed by atoms with Gasteiger partial charge in [-0.3, -0.25) is 4.79 Å². The molecule has 58 valence electrons. The van der Waals surface area contributed by atoms with Gasteiger partial charge < -0.3 is 10.8 Å². The summed E-state index contributed by atoms with van der Waals surface area (Å²) in [6, 6.07) is 0. The smallest absolute Gasteiger partial charge is 0.323 e. The van der Waals surface area contributed by atoms with Crippen LogP contribution < -0.4 is 5.73 Å². The fourth-order valence-corrected chi connectivity index (χ4v) is 1.81. The van der Waals surface area contributed by atoms with E-state index < -0.39 is 11.5 Å². The first kappa shape index (κ1) is 7.54. The lowest BCUT2D eigenvalue weighted by Gasteiger charge is -2.47. The molecule has 1 fully saturated rings. The molecule has 1 aliphatic carbocycles. The summed E-state index contributed by atoms with van der Waals surface area (Å²) in [6.07, 6.45) is 1.19. The Morgan fingerprint density at radius 1 is 1.50 bits per heavy atom. The molecule has 10 heavy (non-hydrogen) atoms. The van der Waals surface area contributed by atoms with Crippen molar-refractivity contribution < 1.29 is 9.90 Å². The maximum absolute atomic E-state index is 10.5. The normalized spacial score (nSPS) is 27.1. The molecular formula is C7H13NO2. The summed E-state index contributed by atoms with van der Waals surface area (Å²) in [5.41, 5.74) is 4.73. The van der Waals surface area contributed by atoms with Crippen LogP contribution in [-0.4, -0.2) is 16.6 Å². The summed E-state index contributed by atoms with van der Waals surface area (Å²) in [7, 11) is 0. The summed E-state index contributed by atoms with van der Waals surface area (Å²) < 4.78 is 0. The highest BCUT2D eigenvalue weighted by molar-refractivity contribution is 5.80. The van der Waals surface area contributed by atoms with Crippen LogP contribution in [-0.2, 0) is 4.79 Å².